The van der Waals surface area contributed by atoms with Gasteiger partial charge in [-0.05, 0) is 22.8 Å². The Morgan fingerprint density at radius 1 is 1.12 bits per heavy atom. The molecule has 1 N–H and O–H groups in total. The molecule has 0 spiro atoms. The summed E-state index contributed by atoms with van der Waals surface area (Å²) < 4.78 is 5.72. The number of carbonyl (C=O) groups is 2. The van der Waals surface area contributed by atoms with Crippen molar-refractivity contribution in [2.75, 3.05) is 0 Å². The fourth-order valence-electron chi connectivity index (χ4n) is 3.08. The molecule has 24 heavy (non-hydrogen) atoms. The van der Waals surface area contributed by atoms with Crippen LogP contribution in [0.1, 0.15) is 28.2 Å². The lowest BCUT2D eigenvalue weighted by Gasteiger charge is -2.30. The third kappa shape index (κ3) is 2.72. The summed E-state index contributed by atoms with van der Waals surface area (Å²) in [6.45, 7) is -0.0416. The van der Waals surface area contributed by atoms with Crippen molar-refractivity contribution in [1.29, 1.82) is 0 Å². The van der Waals surface area contributed by atoms with E-state index in [-0.39, 0.29) is 13.2 Å². The Labute approximate surface area is 137 Å². The zero-order valence-corrected chi connectivity index (χ0v) is 12.6. The molecule has 3 rings (SSSR count). The molecular weight excluding hydrogens is 312 g/mol. The molecule has 0 bridgehead atoms. The lowest BCUT2D eigenvalue weighted by molar-refractivity contribution is -0.332. The topological polar surface area (TPSA) is 110 Å². The van der Waals surface area contributed by atoms with Crippen molar-refractivity contribution in [2.45, 2.75) is 19.1 Å². The second kappa shape index (κ2) is 6.33. The van der Waals surface area contributed by atoms with Crippen molar-refractivity contribution in [1.82, 2.24) is 0 Å². The Morgan fingerprint density at radius 2 is 1.83 bits per heavy atom. The van der Waals surface area contributed by atoms with Crippen molar-refractivity contribution < 1.29 is 29.6 Å². The van der Waals surface area contributed by atoms with Gasteiger partial charge in [0.2, 0.25) is 0 Å². The van der Waals surface area contributed by atoms with Crippen LogP contribution >= 0.6 is 0 Å². The summed E-state index contributed by atoms with van der Waals surface area (Å²) in [6, 6.07) is 11.7. The van der Waals surface area contributed by atoms with Gasteiger partial charge < -0.3 is 29.6 Å². The number of fused-ring (bicyclic) bond motifs is 2. The van der Waals surface area contributed by atoms with Crippen molar-refractivity contribution >= 4 is 11.9 Å². The number of aliphatic carboxylic acids is 2. The number of carbonyl (C=O) groups excluding carboxylic acids is 2. The normalized spacial score (nSPS) is 15.8. The van der Waals surface area contributed by atoms with Gasteiger partial charge in [0.1, 0.15) is 12.4 Å². The van der Waals surface area contributed by atoms with E-state index >= 15 is 0 Å². The van der Waals surface area contributed by atoms with Crippen molar-refractivity contribution in [3.05, 3.63) is 64.7 Å². The van der Waals surface area contributed by atoms with E-state index in [1.54, 1.807) is 42.5 Å². The van der Waals surface area contributed by atoms with E-state index in [0.717, 1.165) is 0 Å². The Morgan fingerprint density at radius 3 is 2.50 bits per heavy atom. The van der Waals surface area contributed by atoms with E-state index in [2.05, 4.69) is 0 Å². The molecule has 0 saturated carbocycles. The van der Waals surface area contributed by atoms with Gasteiger partial charge in [-0.25, -0.2) is 0 Å². The van der Waals surface area contributed by atoms with Crippen LogP contribution in [0.15, 0.2) is 42.5 Å². The maximum atomic E-state index is 11.5. The molecular formula is C18H14O6-2. The Bertz CT molecular complexity index is 784. The first-order chi connectivity index (χ1) is 11.5. The van der Waals surface area contributed by atoms with Crippen LogP contribution in [0, 0.1) is 5.92 Å². The maximum absolute atomic E-state index is 11.5. The second-order valence-electron chi connectivity index (χ2n) is 5.61. The molecule has 0 aromatic heterocycles. The van der Waals surface area contributed by atoms with Crippen LogP contribution in [0.2, 0.25) is 0 Å². The predicted molar refractivity (Wildman–Crippen MR) is 78.5 cm³/mol. The van der Waals surface area contributed by atoms with Crippen LogP contribution in [-0.4, -0.2) is 17.0 Å². The molecule has 2 aromatic carbocycles. The summed E-state index contributed by atoms with van der Waals surface area (Å²) in [6.07, 6.45) is 0. The monoisotopic (exact) mass is 326 g/mol. The third-order valence-electron chi connectivity index (χ3n) is 4.21. The number of aliphatic hydroxyl groups is 1. The molecule has 1 aliphatic rings. The van der Waals surface area contributed by atoms with Gasteiger partial charge in [-0.1, -0.05) is 36.4 Å². The first-order valence-corrected chi connectivity index (χ1v) is 7.39. The molecule has 6 nitrogen and oxygen atoms in total. The number of hydrogen-bond donors (Lipinski definition) is 1. The van der Waals surface area contributed by atoms with Crippen molar-refractivity contribution in [3.8, 4) is 5.75 Å². The zero-order valence-electron chi connectivity index (χ0n) is 12.6. The first kappa shape index (κ1) is 16.0. The van der Waals surface area contributed by atoms with Gasteiger partial charge in [0.25, 0.3) is 0 Å². The highest BCUT2D eigenvalue weighted by atomic mass is 16.5. The summed E-state index contributed by atoms with van der Waals surface area (Å²) in [5.74, 6) is -5.94. The van der Waals surface area contributed by atoms with Gasteiger partial charge in [0, 0.05) is 17.4 Å². The summed E-state index contributed by atoms with van der Waals surface area (Å²) in [5.41, 5.74) is 2.23. The number of aliphatic hydroxyl groups excluding tert-OH is 1. The van der Waals surface area contributed by atoms with Gasteiger partial charge in [0.15, 0.2) is 0 Å². The fourth-order valence-corrected chi connectivity index (χ4v) is 3.08. The molecule has 1 heterocycles. The summed E-state index contributed by atoms with van der Waals surface area (Å²) >= 11 is 0. The molecule has 124 valence electrons. The number of benzene rings is 2. The van der Waals surface area contributed by atoms with Crippen LogP contribution in [-0.2, 0) is 22.8 Å². The molecule has 1 atom stereocenters. The lowest BCUT2D eigenvalue weighted by Crippen LogP contribution is -2.46. The molecule has 0 aliphatic carbocycles. The van der Waals surface area contributed by atoms with Crippen LogP contribution in [0.5, 0.6) is 5.75 Å². The van der Waals surface area contributed by atoms with Crippen molar-refractivity contribution in [2.24, 2.45) is 5.92 Å². The van der Waals surface area contributed by atoms with E-state index in [4.69, 9.17) is 4.74 Å². The van der Waals surface area contributed by atoms with Crippen LogP contribution < -0.4 is 14.9 Å². The standard InChI is InChI=1S/C18H16O6/c19-8-10-5-6-13-14(7-10)24-9-11-3-1-2-4-12(11)15(13)16(17(20)21)18(22)23/h1-7,15-16,19H,8-9H2,(H,20,21)(H,22,23)/p-2. The second-order valence-corrected chi connectivity index (χ2v) is 5.61. The molecule has 1 aliphatic heterocycles. The minimum Gasteiger partial charge on any atom is -0.549 e. The Hall–Kier alpha value is -2.86. The minimum absolute atomic E-state index is 0.168. The van der Waals surface area contributed by atoms with E-state index in [9.17, 15) is 24.9 Å². The Kier molecular flexibility index (Phi) is 4.22. The van der Waals surface area contributed by atoms with Gasteiger partial charge in [-0.3, -0.25) is 0 Å². The average molecular weight is 326 g/mol. The number of carboxylic acids is 2. The van der Waals surface area contributed by atoms with E-state index < -0.39 is 23.8 Å². The number of ether oxygens (including phenoxy) is 1. The van der Waals surface area contributed by atoms with E-state index in [0.29, 0.717) is 28.0 Å². The van der Waals surface area contributed by atoms with Crippen LogP contribution in [0.4, 0.5) is 0 Å². The van der Waals surface area contributed by atoms with Gasteiger partial charge >= 0.3 is 0 Å². The molecule has 2 aromatic rings. The van der Waals surface area contributed by atoms with Crippen LogP contribution in [0.25, 0.3) is 0 Å². The Balaban J connectivity index is 2.25. The summed E-state index contributed by atoms with van der Waals surface area (Å²) in [4.78, 5) is 23.0. The number of carboxylic acid groups (broad SMARTS) is 2. The van der Waals surface area contributed by atoms with E-state index in [1.165, 1.54) is 0 Å². The first-order valence-electron chi connectivity index (χ1n) is 7.39. The molecule has 0 amide bonds. The highest BCUT2D eigenvalue weighted by Gasteiger charge is 2.33. The third-order valence-corrected chi connectivity index (χ3v) is 4.21. The molecule has 0 saturated heterocycles. The maximum Gasteiger partial charge on any atom is 0.124 e. The molecule has 6 heteroatoms. The number of hydrogen-bond acceptors (Lipinski definition) is 6. The molecule has 1 unspecified atom stereocenters. The minimum atomic E-state index is -1.86. The zero-order chi connectivity index (χ0) is 17.3. The predicted octanol–water partition coefficient (Wildman–Crippen LogP) is -0.681. The highest BCUT2D eigenvalue weighted by molar-refractivity contribution is 5.93. The van der Waals surface area contributed by atoms with Gasteiger partial charge in [-0.15, -0.1) is 0 Å². The largest absolute Gasteiger partial charge is 0.549 e. The fraction of sp³-hybridized carbons (Fsp3) is 0.222. The van der Waals surface area contributed by atoms with Gasteiger partial charge in [0.05, 0.1) is 18.5 Å². The quantitative estimate of drug-likeness (QED) is 0.746. The summed E-state index contributed by atoms with van der Waals surface area (Å²) in [7, 11) is 0. The van der Waals surface area contributed by atoms with Crippen molar-refractivity contribution in [3.63, 3.8) is 0 Å². The molecule has 0 fully saturated rings. The number of rotatable bonds is 4. The summed E-state index contributed by atoms with van der Waals surface area (Å²) in [5, 5.41) is 32.2. The van der Waals surface area contributed by atoms with Gasteiger partial charge in [-0.2, -0.15) is 0 Å². The molecule has 0 radical (unpaired) electrons. The lowest BCUT2D eigenvalue weighted by atomic mass is 9.78. The van der Waals surface area contributed by atoms with E-state index in [1.807, 2.05) is 0 Å². The SMILES string of the molecule is O=C([O-])C(C(=O)[O-])C1c2ccccc2COc2cc(CO)ccc21. The highest BCUT2D eigenvalue weighted by Crippen LogP contribution is 2.42. The van der Waals surface area contributed by atoms with Crippen LogP contribution in [0.3, 0.4) is 0 Å². The smallest absolute Gasteiger partial charge is 0.124 e. The average Bonchev–Trinajstić information content (AvgIpc) is 2.72.